The highest BCUT2D eigenvalue weighted by atomic mass is 32.2. The van der Waals surface area contributed by atoms with Crippen LogP contribution in [0.15, 0.2) is 0 Å². The van der Waals surface area contributed by atoms with E-state index in [2.05, 4.69) is 0 Å². The highest BCUT2D eigenvalue weighted by molar-refractivity contribution is 7.89. The van der Waals surface area contributed by atoms with Crippen molar-refractivity contribution in [1.29, 1.82) is 0 Å². The number of aliphatic carboxylic acids is 1. The summed E-state index contributed by atoms with van der Waals surface area (Å²) in [5, 5.41) is 8.22. The molecule has 1 aliphatic heterocycles. The van der Waals surface area contributed by atoms with Gasteiger partial charge in [-0.05, 0) is 39.0 Å². The lowest BCUT2D eigenvalue weighted by Gasteiger charge is -2.32. The fraction of sp³-hybridized carbons (Fsp3) is 0.909. The van der Waals surface area contributed by atoms with E-state index < -0.39 is 16.0 Å². The number of rotatable bonds is 5. The molecular formula is C11H21NO4S. The summed E-state index contributed by atoms with van der Waals surface area (Å²) < 4.78 is 25.3. The first-order valence-corrected chi connectivity index (χ1v) is 7.55. The predicted octanol–water partition coefficient (Wildman–Crippen LogP) is 1.30. The molecule has 0 atom stereocenters. The van der Waals surface area contributed by atoms with Gasteiger partial charge < -0.3 is 5.11 Å². The van der Waals surface area contributed by atoms with E-state index in [9.17, 15) is 13.2 Å². The molecule has 0 radical (unpaired) electrons. The molecule has 0 bridgehead atoms. The van der Waals surface area contributed by atoms with Gasteiger partial charge in [-0.1, -0.05) is 0 Å². The minimum Gasteiger partial charge on any atom is -0.481 e. The average molecular weight is 263 g/mol. The van der Waals surface area contributed by atoms with Crippen molar-refractivity contribution >= 4 is 16.0 Å². The van der Waals surface area contributed by atoms with Crippen LogP contribution in [-0.4, -0.2) is 42.1 Å². The number of carboxylic acids is 1. The standard InChI is InChI=1S/C11H21NO4S/c1-9(2)17(15,16)12-7-5-10(6-8-12)3-4-11(13)14/h9-10H,3-8H2,1-2H3,(H,13,14). The zero-order valence-electron chi connectivity index (χ0n) is 10.4. The van der Waals surface area contributed by atoms with Gasteiger partial charge in [-0.25, -0.2) is 12.7 Å². The van der Waals surface area contributed by atoms with E-state index in [1.54, 1.807) is 13.8 Å². The van der Waals surface area contributed by atoms with Crippen LogP contribution in [0.5, 0.6) is 0 Å². The number of hydrogen-bond donors (Lipinski definition) is 1. The van der Waals surface area contributed by atoms with Gasteiger partial charge in [0.1, 0.15) is 0 Å². The van der Waals surface area contributed by atoms with Crippen molar-refractivity contribution in [3.63, 3.8) is 0 Å². The Balaban J connectivity index is 2.43. The number of carboxylic acid groups (broad SMARTS) is 1. The molecule has 1 fully saturated rings. The smallest absolute Gasteiger partial charge is 0.303 e. The molecule has 17 heavy (non-hydrogen) atoms. The highest BCUT2D eigenvalue weighted by Gasteiger charge is 2.29. The van der Waals surface area contributed by atoms with Crippen LogP contribution in [0.4, 0.5) is 0 Å². The molecule has 0 aliphatic carbocycles. The molecule has 0 aromatic carbocycles. The SMILES string of the molecule is CC(C)S(=O)(=O)N1CCC(CCC(=O)O)CC1. The maximum Gasteiger partial charge on any atom is 0.303 e. The second kappa shape index (κ2) is 5.82. The summed E-state index contributed by atoms with van der Waals surface area (Å²) in [6.45, 7) is 4.44. The summed E-state index contributed by atoms with van der Waals surface area (Å²) in [6.07, 6.45) is 2.39. The third kappa shape index (κ3) is 3.96. The van der Waals surface area contributed by atoms with E-state index in [1.165, 1.54) is 4.31 Å². The van der Waals surface area contributed by atoms with E-state index in [-0.39, 0.29) is 11.7 Å². The van der Waals surface area contributed by atoms with Crippen molar-refractivity contribution in [3.8, 4) is 0 Å². The quantitative estimate of drug-likeness (QED) is 0.811. The summed E-state index contributed by atoms with van der Waals surface area (Å²) in [5.74, 6) is -0.424. The zero-order chi connectivity index (χ0) is 13.1. The molecular weight excluding hydrogens is 242 g/mol. The Morgan fingerprint density at radius 3 is 2.29 bits per heavy atom. The molecule has 0 saturated carbocycles. The Hall–Kier alpha value is -0.620. The van der Waals surface area contributed by atoms with Gasteiger partial charge in [0.2, 0.25) is 10.0 Å². The Morgan fingerprint density at radius 2 is 1.88 bits per heavy atom. The number of sulfonamides is 1. The van der Waals surface area contributed by atoms with Gasteiger partial charge in [0.05, 0.1) is 5.25 Å². The number of carbonyl (C=O) groups is 1. The molecule has 1 saturated heterocycles. The fourth-order valence-electron chi connectivity index (χ4n) is 2.08. The summed E-state index contributed by atoms with van der Waals surface area (Å²) in [5.41, 5.74) is 0. The summed E-state index contributed by atoms with van der Waals surface area (Å²) in [4.78, 5) is 10.4. The Kier molecular flexibility index (Phi) is 4.94. The summed E-state index contributed by atoms with van der Waals surface area (Å²) in [6, 6.07) is 0. The normalized spacial score (nSPS) is 19.7. The Bertz CT molecular complexity index is 356. The zero-order valence-corrected chi connectivity index (χ0v) is 11.2. The fourth-order valence-corrected chi connectivity index (χ4v) is 3.39. The Labute approximate surface area is 103 Å². The molecule has 1 heterocycles. The van der Waals surface area contributed by atoms with Crippen molar-refractivity contribution in [2.24, 2.45) is 5.92 Å². The maximum absolute atomic E-state index is 11.9. The van der Waals surface area contributed by atoms with E-state index in [0.717, 1.165) is 12.8 Å². The maximum atomic E-state index is 11.9. The molecule has 1 aliphatic rings. The van der Waals surface area contributed by atoms with Crippen LogP contribution in [0.1, 0.15) is 39.5 Å². The largest absolute Gasteiger partial charge is 0.481 e. The van der Waals surface area contributed by atoms with Crippen molar-refractivity contribution in [1.82, 2.24) is 4.31 Å². The summed E-state index contributed by atoms with van der Waals surface area (Å²) in [7, 11) is -3.14. The van der Waals surface area contributed by atoms with Crippen LogP contribution in [0.2, 0.25) is 0 Å². The molecule has 1 rings (SSSR count). The molecule has 0 spiro atoms. The Morgan fingerprint density at radius 1 is 1.35 bits per heavy atom. The molecule has 0 unspecified atom stereocenters. The topological polar surface area (TPSA) is 74.7 Å². The first-order chi connectivity index (χ1) is 7.84. The number of hydrogen-bond acceptors (Lipinski definition) is 3. The lowest BCUT2D eigenvalue weighted by molar-refractivity contribution is -0.137. The van der Waals surface area contributed by atoms with Crippen LogP contribution in [0, 0.1) is 5.92 Å². The van der Waals surface area contributed by atoms with Gasteiger partial charge in [0.15, 0.2) is 0 Å². The van der Waals surface area contributed by atoms with Crippen molar-refractivity contribution in [2.75, 3.05) is 13.1 Å². The minimum absolute atomic E-state index is 0.182. The lowest BCUT2D eigenvalue weighted by Crippen LogP contribution is -2.41. The predicted molar refractivity (Wildman–Crippen MR) is 65.2 cm³/mol. The molecule has 5 nitrogen and oxygen atoms in total. The second-order valence-corrected chi connectivity index (χ2v) is 7.36. The van der Waals surface area contributed by atoms with Crippen molar-refractivity contribution in [3.05, 3.63) is 0 Å². The molecule has 0 amide bonds. The first-order valence-electron chi connectivity index (χ1n) is 6.04. The third-order valence-corrected chi connectivity index (χ3v) is 5.57. The van der Waals surface area contributed by atoms with Gasteiger partial charge in [-0.2, -0.15) is 0 Å². The third-order valence-electron chi connectivity index (χ3n) is 3.30. The van der Waals surface area contributed by atoms with Gasteiger partial charge in [0, 0.05) is 19.5 Å². The highest BCUT2D eigenvalue weighted by Crippen LogP contribution is 2.24. The molecule has 0 aromatic heterocycles. The van der Waals surface area contributed by atoms with Crippen molar-refractivity contribution in [2.45, 2.75) is 44.8 Å². The second-order valence-electron chi connectivity index (χ2n) is 4.87. The van der Waals surface area contributed by atoms with Gasteiger partial charge in [-0.15, -0.1) is 0 Å². The van der Waals surface area contributed by atoms with Crippen molar-refractivity contribution < 1.29 is 18.3 Å². The van der Waals surface area contributed by atoms with E-state index in [0.29, 0.717) is 25.4 Å². The van der Waals surface area contributed by atoms with E-state index in [1.807, 2.05) is 0 Å². The molecule has 1 N–H and O–H groups in total. The van der Waals surface area contributed by atoms with E-state index >= 15 is 0 Å². The lowest BCUT2D eigenvalue weighted by atomic mass is 9.93. The van der Waals surface area contributed by atoms with Gasteiger partial charge in [-0.3, -0.25) is 4.79 Å². The monoisotopic (exact) mass is 263 g/mol. The van der Waals surface area contributed by atoms with Gasteiger partial charge >= 0.3 is 5.97 Å². The average Bonchev–Trinajstić information content (AvgIpc) is 2.26. The molecule has 100 valence electrons. The van der Waals surface area contributed by atoms with Crippen LogP contribution in [0.3, 0.4) is 0 Å². The molecule has 0 aromatic rings. The van der Waals surface area contributed by atoms with Gasteiger partial charge in [0.25, 0.3) is 0 Å². The van der Waals surface area contributed by atoms with Crippen LogP contribution in [0.25, 0.3) is 0 Å². The summed E-state index contributed by atoms with van der Waals surface area (Å²) >= 11 is 0. The molecule has 6 heteroatoms. The van der Waals surface area contributed by atoms with Crippen LogP contribution in [-0.2, 0) is 14.8 Å². The first kappa shape index (κ1) is 14.4. The van der Waals surface area contributed by atoms with Crippen LogP contribution >= 0.6 is 0 Å². The minimum atomic E-state index is -3.14. The van der Waals surface area contributed by atoms with Crippen LogP contribution < -0.4 is 0 Å². The number of piperidine rings is 1. The number of nitrogens with zero attached hydrogens (tertiary/aromatic N) is 1. The van der Waals surface area contributed by atoms with E-state index in [4.69, 9.17) is 5.11 Å².